The first-order valence-electron chi connectivity index (χ1n) is 8.65. The Balaban J connectivity index is 1.47. The van der Waals surface area contributed by atoms with Crippen LogP contribution in [0.4, 0.5) is 5.69 Å². The molecule has 1 aromatic rings. The number of hydrogen-bond acceptors (Lipinski definition) is 5. The SMILES string of the molecule is C[C@@H]1CN(C(=O)[C@H]2CC(=O)N(c3ccc4c(c3)OCO4)C2)C[C@H](C)O1. The smallest absolute Gasteiger partial charge is 0.231 e. The van der Waals surface area contributed by atoms with E-state index in [1.54, 1.807) is 17.0 Å². The summed E-state index contributed by atoms with van der Waals surface area (Å²) in [4.78, 5) is 28.8. The highest BCUT2D eigenvalue weighted by Gasteiger charge is 2.39. The summed E-state index contributed by atoms with van der Waals surface area (Å²) in [6.07, 6.45) is 0.289. The third kappa shape index (κ3) is 3.04. The monoisotopic (exact) mass is 346 g/mol. The lowest BCUT2D eigenvalue weighted by atomic mass is 10.1. The van der Waals surface area contributed by atoms with Crippen molar-refractivity contribution in [3.63, 3.8) is 0 Å². The summed E-state index contributed by atoms with van der Waals surface area (Å²) in [7, 11) is 0. The van der Waals surface area contributed by atoms with Crippen LogP contribution in [-0.4, -0.2) is 55.3 Å². The number of benzene rings is 1. The van der Waals surface area contributed by atoms with Crippen LogP contribution in [-0.2, 0) is 14.3 Å². The molecular formula is C18H22N2O5. The molecule has 0 bridgehead atoms. The van der Waals surface area contributed by atoms with E-state index in [1.807, 2.05) is 24.8 Å². The van der Waals surface area contributed by atoms with Crippen molar-refractivity contribution in [1.29, 1.82) is 0 Å². The molecule has 7 nitrogen and oxygen atoms in total. The number of hydrogen-bond donors (Lipinski definition) is 0. The topological polar surface area (TPSA) is 68.3 Å². The van der Waals surface area contributed by atoms with E-state index in [2.05, 4.69) is 0 Å². The number of nitrogens with zero attached hydrogens (tertiary/aromatic N) is 2. The Bertz CT molecular complexity index is 697. The second-order valence-corrected chi connectivity index (χ2v) is 6.94. The molecule has 3 aliphatic rings. The number of ether oxygens (including phenoxy) is 3. The van der Waals surface area contributed by atoms with Crippen LogP contribution in [0.1, 0.15) is 20.3 Å². The number of carbonyl (C=O) groups excluding carboxylic acids is 2. The first-order valence-corrected chi connectivity index (χ1v) is 8.65. The van der Waals surface area contributed by atoms with Crippen LogP contribution in [0.15, 0.2) is 18.2 Å². The van der Waals surface area contributed by atoms with E-state index in [9.17, 15) is 9.59 Å². The van der Waals surface area contributed by atoms with Crippen LogP contribution in [0.25, 0.3) is 0 Å². The molecule has 0 unspecified atom stereocenters. The molecule has 1 aromatic carbocycles. The van der Waals surface area contributed by atoms with Crippen molar-refractivity contribution in [2.75, 3.05) is 31.3 Å². The lowest BCUT2D eigenvalue weighted by Gasteiger charge is -2.36. The predicted octanol–water partition coefficient (Wildman–Crippen LogP) is 1.40. The average molecular weight is 346 g/mol. The largest absolute Gasteiger partial charge is 0.454 e. The van der Waals surface area contributed by atoms with Gasteiger partial charge in [0.1, 0.15) is 0 Å². The highest BCUT2D eigenvalue weighted by atomic mass is 16.7. The van der Waals surface area contributed by atoms with Gasteiger partial charge in [0.15, 0.2) is 11.5 Å². The highest BCUT2D eigenvalue weighted by Crippen LogP contribution is 2.37. The fraction of sp³-hybridized carbons (Fsp3) is 0.556. The summed E-state index contributed by atoms with van der Waals surface area (Å²) < 4.78 is 16.4. The Hall–Kier alpha value is -2.28. The molecule has 3 aliphatic heterocycles. The van der Waals surface area contributed by atoms with Gasteiger partial charge in [-0.05, 0) is 26.0 Å². The van der Waals surface area contributed by atoms with Gasteiger partial charge in [0, 0.05) is 37.8 Å². The first-order chi connectivity index (χ1) is 12.0. The molecule has 0 radical (unpaired) electrons. The standard InChI is InChI=1S/C18H22N2O5/c1-11-7-19(8-12(2)25-11)18(22)13-5-17(21)20(9-13)14-3-4-15-16(6-14)24-10-23-15/h3-4,6,11-13H,5,7-10H2,1-2H3/t11-,12+,13-/m0/s1. The molecule has 134 valence electrons. The highest BCUT2D eigenvalue weighted by molar-refractivity contribution is 6.00. The second-order valence-electron chi connectivity index (χ2n) is 6.94. The van der Waals surface area contributed by atoms with Gasteiger partial charge in [0.25, 0.3) is 0 Å². The minimum absolute atomic E-state index is 0.0229. The van der Waals surface area contributed by atoms with E-state index in [4.69, 9.17) is 14.2 Å². The molecular weight excluding hydrogens is 324 g/mol. The van der Waals surface area contributed by atoms with Gasteiger partial charge in [-0.3, -0.25) is 9.59 Å². The van der Waals surface area contributed by atoms with Crippen molar-refractivity contribution >= 4 is 17.5 Å². The molecule has 0 aromatic heterocycles. The summed E-state index contributed by atoms with van der Waals surface area (Å²) in [5.41, 5.74) is 0.744. The van der Waals surface area contributed by atoms with E-state index >= 15 is 0 Å². The Morgan fingerprint density at radius 3 is 2.56 bits per heavy atom. The van der Waals surface area contributed by atoms with Crippen molar-refractivity contribution in [3.8, 4) is 11.5 Å². The average Bonchev–Trinajstić information content (AvgIpc) is 3.18. The number of rotatable bonds is 2. The summed E-state index contributed by atoms with van der Waals surface area (Å²) >= 11 is 0. The fourth-order valence-electron chi connectivity index (χ4n) is 3.79. The maximum Gasteiger partial charge on any atom is 0.231 e. The number of morpholine rings is 1. The Kier molecular flexibility index (Phi) is 4.03. The third-order valence-corrected chi connectivity index (χ3v) is 4.87. The number of fused-ring (bicyclic) bond motifs is 1. The summed E-state index contributed by atoms with van der Waals surface area (Å²) in [6, 6.07) is 5.43. The van der Waals surface area contributed by atoms with Gasteiger partial charge in [0.2, 0.25) is 18.6 Å². The van der Waals surface area contributed by atoms with E-state index < -0.39 is 0 Å². The Morgan fingerprint density at radius 1 is 1.08 bits per heavy atom. The van der Waals surface area contributed by atoms with E-state index in [-0.39, 0.29) is 43.2 Å². The Morgan fingerprint density at radius 2 is 1.80 bits per heavy atom. The normalized spacial score (nSPS) is 28.6. The second kappa shape index (κ2) is 6.22. The number of carbonyl (C=O) groups is 2. The van der Waals surface area contributed by atoms with Crippen LogP contribution in [0.2, 0.25) is 0 Å². The van der Waals surface area contributed by atoms with E-state index in [1.165, 1.54) is 0 Å². The van der Waals surface area contributed by atoms with E-state index in [0.29, 0.717) is 31.1 Å². The van der Waals surface area contributed by atoms with Crippen molar-refractivity contribution in [3.05, 3.63) is 18.2 Å². The molecule has 2 saturated heterocycles. The molecule has 0 saturated carbocycles. The molecule has 2 amide bonds. The summed E-state index contributed by atoms with van der Waals surface area (Å²) in [6.45, 7) is 5.69. The van der Waals surface area contributed by atoms with Crippen LogP contribution >= 0.6 is 0 Å². The molecule has 3 heterocycles. The number of amides is 2. The van der Waals surface area contributed by atoms with Gasteiger partial charge in [-0.1, -0.05) is 0 Å². The van der Waals surface area contributed by atoms with Crippen molar-refractivity contribution in [2.45, 2.75) is 32.5 Å². The molecule has 0 aliphatic carbocycles. The van der Waals surface area contributed by atoms with Crippen LogP contribution in [0.5, 0.6) is 11.5 Å². The Labute approximate surface area is 146 Å². The fourth-order valence-corrected chi connectivity index (χ4v) is 3.79. The van der Waals surface area contributed by atoms with Gasteiger partial charge >= 0.3 is 0 Å². The van der Waals surface area contributed by atoms with Crippen LogP contribution in [0, 0.1) is 5.92 Å². The zero-order valence-corrected chi connectivity index (χ0v) is 14.4. The minimum atomic E-state index is -0.310. The van der Waals surface area contributed by atoms with Gasteiger partial charge in [-0.25, -0.2) is 0 Å². The molecule has 2 fully saturated rings. The van der Waals surface area contributed by atoms with Crippen LogP contribution in [0.3, 0.4) is 0 Å². The van der Waals surface area contributed by atoms with Gasteiger partial charge in [0.05, 0.1) is 18.1 Å². The molecule has 0 N–H and O–H groups in total. The first kappa shape index (κ1) is 16.2. The summed E-state index contributed by atoms with van der Waals surface area (Å²) in [5.74, 6) is 1.01. The quantitative estimate of drug-likeness (QED) is 0.810. The maximum absolute atomic E-state index is 12.8. The van der Waals surface area contributed by atoms with Crippen molar-refractivity contribution < 1.29 is 23.8 Å². The maximum atomic E-state index is 12.8. The van der Waals surface area contributed by atoms with E-state index in [0.717, 1.165) is 5.69 Å². The lowest BCUT2D eigenvalue weighted by Crippen LogP contribution is -2.50. The molecule has 4 rings (SSSR count). The predicted molar refractivity (Wildman–Crippen MR) is 89.6 cm³/mol. The molecule has 7 heteroatoms. The summed E-state index contributed by atoms with van der Waals surface area (Å²) in [5, 5.41) is 0. The van der Waals surface area contributed by atoms with Gasteiger partial charge in [-0.15, -0.1) is 0 Å². The number of anilines is 1. The van der Waals surface area contributed by atoms with Crippen molar-refractivity contribution in [2.24, 2.45) is 5.92 Å². The zero-order valence-electron chi connectivity index (χ0n) is 14.4. The molecule has 25 heavy (non-hydrogen) atoms. The minimum Gasteiger partial charge on any atom is -0.454 e. The van der Waals surface area contributed by atoms with Crippen molar-refractivity contribution in [1.82, 2.24) is 4.90 Å². The lowest BCUT2D eigenvalue weighted by molar-refractivity contribution is -0.147. The van der Waals surface area contributed by atoms with Crippen LogP contribution < -0.4 is 14.4 Å². The molecule has 3 atom stereocenters. The zero-order chi connectivity index (χ0) is 17.6. The third-order valence-electron chi connectivity index (χ3n) is 4.87. The van der Waals surface area contributed by atoms with Gasteiger partial charge < -0.3 is 24.0 Å². The molecule has 0 spiro atoms. The van der Waals surface area contributed by atoms with Gasteiger partial charge in [-0.2, -0.15) is 0 Å².